The van der Waals surface area contributed by atoms with E-state index in [-0.39, 0.29) is 0 Å². The topological polar surface area (TPSA) is 41.6 Å². The number of ether oxygens (including phenoxy) is 1. The molecule has 2 rings (SSSR count). The van der Waals surface area contributed by atoms with Crippen molar-refractivity contribution >= 4 is 5.91 Å². The van der Waals surface area contributed by atoms with Crippen molar-refractivity contribution in [3.05, 3.63) is 0 Å². The Morgan fingerprint density at radius 3 is 2.40 bits per heavy atom. The van der Waals surface area contributed by atoms with Crippen LogP contribution in [0, 0.1) is 5.92 Å². The quantitative estimate of drug-likeness (QED) is 0.840. The first-order chi connectivity index (χ1) is 9.70. The highest BCUT2D eigenvalue weighted by molar-refractivity contribution is 5.76. The van der Waals surface area contributed by atoms with Gasteiger partial charge in [-0.3, -0.25) is 4.79 Å². The van der Waals surface area contributed by atoms with Gasteiger partial charge in [-0.05, 0) is 64.0 Å². The van der Waals surface area contributed by atoms with Crippen molar-refractivity contribution < 1.29 is 9.53 Å². The fourth-order valence-corrected chi connectivity index (χ4v) is 3.55. The highest BCUT2D eigenvalue weighted by Crippen LogP contribution is 2.25. The number of methoxy groups -OCH3 is 1. The molecule has 1 N–H and O–H groups in total. The van der Waals surface area contributed by atoms with E-state index in [0.29, 0.717) is 18.1 Å². The second kappa shape index (κ2) is 7.99. The molecule has 0 atom stereocenters. The van der Waals surface area contributed by atoms with Crippen molar-refractivity contribution in [2.75, 3.05) is 27.2 Å². The second-order valence-corrected chi connectivity index (χ2v) is 6.40. The van der Waals surface area contributed by atoms with Gasteiger partial charge in [0.05, 0.1) is 6.10 Å². The maximum absolute atomic E-state index is 12.3. The molecule has 4 heteroatoms. The lowest BCUT2D eigenvalue weighted by Gasteiger charge is -2.34. The minimum atomic E-state index is 0.337. The monoisotopic (exact) mass is 282 g/mol. The van der Waals surface area contributed by atoms with E-state index >= 15 is 0 Å². The van der Waals surface area contributed by atoms with Crippen LogP contribution >= 0.6 is 0 Å². The van der Waals surface area contributed by atoms with Gasteiger partial charge in [-0.1, -0.05) is 0 Å². The van der Waals surface area contributed by atoms with Gasteiger partial charge < -0.3 is 15.0 Å². The number of amides is 1. The summed E-state index contributed by atoms with van der Waals surface area (Å²) in [6.45, 7) is 2.24. The number of nitrogens with one attached hydrogen (secondary N) is 1. The molecule has 1 saturated carbocycles. The van der Waals surface area contributed by atoms with E-state index in [2.05, 4.69) is 5.32 Å². The summed E-state index contributed by atoms with van der Waals surface area (Å²) in [7, 11) is 3.78. The molecule has 0 radical (unpaired) electrons. The lowest BCUT2D eigenvalue weighted by atomic mass is 9.90. The molecule has 1 saturated heterocycles. The molecular formula is C16H30N2O2. The highest BCUT2D eigenvalue weighted by Gasteiger charge is 2.26. The Morgan fingerprint density at radius 2 is 1.80 bits per heavy atom. The molecule has 0 aromatic heterocycles. The fourth-order valence-electron chi connectivity index (χ4n) is 3.55. The molecule has 4 nitrogen and oxygen atoms in total. The summed E-state index contributed by atoms with van der Waals surface area (Å²) in [5.41, 5.74) is 0. The lowest BCUT2D eigenvalue weighted by molar-refractivity contribution is -0.133. The van der Waals surface area contributed by atoms with Gasteiger partial charge >= 0.3 is 0 Å². The van der Waals surface area contributed by atoms with Crippen molar-refractivity contribution in [2.24, 2.45) is 5.92 Å². The van der Waals surface area contributed by atoms with Crippen LogP contribution in [0.25, 0.3) is 0 Å². The first-order valence-corrected chi connectivity index (χ1v) is 8.20. The van der Waals surface area contributed by atoms with E-state index in [9.17, 15) is 4.79 Å². The summed E-state index contributed by atoms with van der Waals surface area (Å²) in [6.07, 6.45) is 9.03. The fraction of sp³-hybridized carbons (Fsp3) is 0.938. The number of rotatable bonds is 5. The third-order valence-electron chi connectivity index (χ3n) is 5.14. The Morgan fingerprint density at radius 1 is 1.15 bits per heavy atom. The Balaban J connectivity index is 1.69. The molecule has 0 unspecified atom stereocenters. The first kappa shape index (κ1) is 15.8. The summed E-state index contributed by atoms with van der Waals surface area (Å²) in [5.74, 6) is 1.09. The number of nitrogens with zero attached hydrogens (tertiary/aromatic N) is 1. The molecule has 116 valence electrons. The van der Waals surface area contributed by atoms with Gasteiger partial charge in [0.1, 0.15) is 0 Å². The molecule has 1 aliphatic carbocycles. The maximum Gasteiger partial charge on any atom is 0.222 e. The first-order valence-electron chi connectivity index (χ1n) is 8.20. The van der Waals surface area contributed by atoms with E-state index in [1.165, 1.54) is 12.8 Å². The van der Waals surface area contributed by atoms with Gasteiger partial charge in [0.25, 0.3) is 0 Å². The van der Waals surface area contributed by atoms with Crippen molar-refractivity contribution in [1.82, 2.24) is 10.2 Å². The van der Waals surface area contributed by atoms with Crippen LogP contribution in [0.5, 0.6) is 0 Å². The maximum atomic E-state index is 12.3. The van der Waals surface area contributed by atoms with Gasteiger partial charge in [-0.25, -0.2) is 0 Å². The zero-order chi connectivity index (χ0) is 14.4. The molecule has 20 heavy (non-hydrogen) atoms. The molecule has 0 bridgehead atoms. The van der Waals surface area contributed by atoms with Crippen LogP contribution in [0.1, 0.15) is 51.4 Å². The molecule has 0 spiro atoms. The van der Waals surface area contributed by atoms with Gasteiger partial charge in [0.15, 0.2) is 0 Å². The average molecular weight is 282 g/mol. The Kier molecular flexibility index (Phi) is 6.30. The third kappa shape index (κ3) is 4.45. The number of piperidine rings is 1. The third-order valence-corrected chi connectivity index (χ3v) is 5.14. The van der Waals surface area contributed by atoms with Crippen molar-refractivity contribution in [1.29, 1.82) is 0 Å². The lowest BCUT2D eigenvalue weighted by Crippen LogP contribution is -2.40. The van der Waals surface area contributed by atoms with Gasteiger partial charge in [-0.2, -0.15) is 0 Å². The number of carbonyl (C=O) groups excluding carboxylic acids is 1. The van der Waals surface area contributed by atoms with Crippen molar-refractivity contribution in [3.8, 4) is 0 Å². The average Bonchev–Trinajstić information content (AvgIpc) is 2.53. The van der Waals surface area contributed by atoms with Crippen LogP contribution in [-0.2, 0) is 9.53 Å². The van der Waals surface area contributed by atoms with Gasteiger partial charge in [0.2, 0.25) is 5.91 Å². The van der Waals surface area contributed by atoms with Crippen molar-refractivity contribution in [2.45, 2.75) is 63.5 Å². The molecule has 0 aromatic carbocycles. The number of carbonyl (C=O) groups is 1. The predicted octanol–water partition coefficient (Wildman–Crippen LogP) is 2.18. The van der Waals surface area contributed by atoms with Crippen LogP contribution in [0.3, 0.4) is 0 Å². The minimum absolute atomic E-state index is 0.337. The molecule has 2 aliphatic rings. The van der Waals surface area contributed by atoms with Crippen LogP contribution in [0.2, 0.25) is 0 Å². The van der Waals surface area contributed by atoms with Crippen LogP contribution in [0.15, 0.2) is 0 Å². The van der Waals surface area contributed by atoms with Gasteiger partial charge in [0, 0.05) is 26.6 Å². The van der Waals surface area contributed by atoms with Crippen LogP contribution in [-0.4, -0.2) is 50.2 Å². The Hall–Kier alpha value is -0.610. The summed E-state index contributed by atoms with van der Waals surface area (Å²) in [5, 5.41) is 3.38. The molecule has 1 aliphatic heterocycles. The minimum Gasteiger partial charge on any atom is -0.381 e. The van der Waals surface area contributed by atoms with E-state index < -0.39 is 0 Å². The Labute approximate surface area is 123 Å². The second-order valence-electron chi connectivity index (χ2n) is 6.40. The molecular weight excluding hydrogens is 252 g/mol. The normalized spacial score (nSPS) is 28.3. The molecule has 0 aromatic rings. The van der Waals surface area contributed by atoms with E-state index in [1.54, 1.807) is 7.11 Å². The van der Waals surface area contributed by atoms with Crippen LogP contribution in [0.4, 0.5) is 0 Å². The summed E-state index contributed by atoms with van der Waals surface area (Å²) < 4.78 is 5.40. The molecule has 1 heterocycles. The summed E-state index contributed by atoms with van der Waals surface area (Å²) in [6, 6.07) is 0.432. The standard InChI is InChI=1S/C16H30N2O2/c1-18(14-4-6-15(20-2)7-5-14)16(19)8-3-13-9-11-17-12-10-13/h13-15,17H,3-12H2,1-2H3. The summed E-state index contributed by atoms with van der Waals surface area (Å²) in [4.78, 5) is 14.3. The smallest absolute Gasteiger partial charge is 0.222 e. The zero-order valence-electron chi connectivity index (χ0n) is 13.1. The predicted molar refractivity (Wildman–Crippen MR) is 80.7 cm³/mol. The van der Waals surface area contributed by atoms with E-state index in [4.69, 9.17) is 4.74 Å². The number of hydrogen-bond donors (Lipinski definition) is 1. The SMILES string of the molecule is COC1CCC(N(C)C(=O)CCC2CCNCC2)CC1. The molecule has 2 fully saturated rings. The highest BCUT2D eigenvalue weighted by atomic mass is 16.5. The zero-order valence-corrected chi connectivity index (χ0v) is 13.1. The van der Waals surface area contributed by atoms with E-state index in [0.717, 1.165) is 57.5 Å². The van der Waals surface area contributed by atoms with Crippen LogP contribution < -0.4 is 5.32 Å². The molecule has 1 amide bonds. The van der Waals surface area contributed by atoms with E-state index in [1.807, 2.05) is 11.9 Å². The summed E-state index contributed by atoms with van der Waals surface area (Å²) >= 11 is 0. The Bertz CT molecular complexity index is 295. The van der Waals surface area contributed by atoms with Gasteiger partial charge in [-0.15, -0.1) is 0 Å². The largest absolute Gasteiger partial charge is 0.381 e. The van der Waals surface area contributed by atoms with Crippen molar-refractivity contribution in [3.63, 3.8) is 0 Å². The number of hydrogen-bond acceptors (Lipinski definition) is 3.